The van der Waals surface area contributed by atoms with Crippen molar-refractivity contribution in [3.05, 3.63) is 66.2 Å². The molecule has 2 aromatic carbocycles. The highest BCUT2D eigenvalue weighted by Crippen LogP contribution is 2.42. The molecular weight excluding hydrogens is 412 g/mol. The van der Waals surface area contributed by atoms with Crippen LogP contribution in [0.5, 0.6) is 5.75 Å². The van der Waals surface area contributed by atoms with Gasteiger partial charge in [-0.05, 0) is 24.3 Å². The Labute approximate surface area is 177 Å². The van der Waals surface area contributed by atoms with Gasteiger partial charge in [0.1, 0.15) is 30.2 Å². The molecule has 1 aliphatic carbocycles. The molecule has 4 fully saturated rings. The molecule has 3 saturated heterocycles. The van der Waals surface area contributed by atoms with Crippen LogP contribution < -0.4 is 4.74 Å². The Morgan fingerprint density at radius 3 is 2.07 bits per heavy atom. The Bertz CT molecular complexity index is 923. The van der Waals surface area contributed by atoms with E-state index in [1.54, 1.807) is 54.6 Å². The molecule has 3 heterocycles. The van der Waals surface area contributed by atoms with Crippen molar-refractivity contribution in [1.29, 1.82) is 0 Å². The Morgan fingerprint density at radius 1 is 0.833 bits per heavy atom. The third kappa shape index (κ3) is 3.55. The second-order valence-electron chi connectivity index (χ2n) is 7.06. The van der Waals surface area contributed by atoms with Gasteiger partial charge in [-0.15, -0.1) is 0 Å². The fourth-order valence-electron chi connectivity index (χ4n) is 3.84. The van der Waals surface area contributed by atoms with E-state index in [2.05, 4.69) is 0 Å². The van der Waals surface area contributed by atoms with Crippen molar-refractivity contribution >= 4 is 23.4 Å². The summed E-state index contributed by atoms with van der Waals surface area (Å²) >= 11 is 5.20. The Kier molecular flexibility index (Phi) is 5.13. The normalized spacial score (nSPS) is 33.7. The number of carbonyl (C=O) groups excluding carboxylic acids is 1. The van der Waals surface area contributed by atoms with E-state index in [0.29, 0.717) is 11.3 Å². The summed E-state index contributed by atoms with van der Waals surface area (Å²) in [7, 11) is 0. The number of hydrogen-bond donors (Lipinski definition) is 1. The summed E-state index contributed by atoms with van der Waals surface area (Å²) in [5.74, 6) is -0.0562. The van der Waals surface area contributed by atoms with Crippen molar-refractivity contribution in [3.8, 4) is 5.75 Å². The molecule has 1 N–H and O–H groups in total. The number of carbonyl (C=O) groups is 1. The lowest BCUT2D eigenvalue weighted by Crippen LogP contribution is -2.76. The largest absolute Gasteiger partial charge is 0.453 e. The number of ether oxygens (including phenoxy) is 6. The Balaban J connectivity index is 1.33. The lowest BCUT2D eigenvalue weighted by Gasteiger charge is -2.56. The van der Waals surface area contributed by atoms with Gasteiger partial charge in [-0.2, -0.15) is 0 Å². The van der Waals surface area contributed by atoms with Crippen LogP contribution in [0.4, 0.5) is 0 Å². The van der Waals surface area contributed by atoms with Gasteiger partial charge in [0, 0.05) is 12.2 Å². The van der Waals surface area contributed by atoms with Crippen molar-refractivity contribution in [2.75, 3.05) is 0 Å². The van der Waals surface area contributed by atoms with Crippen molar-refractivity contribution in [2.45, 2.75) is 43.1 Å². The summed E-state index contributed by atoms with van der Waals surface area (Å²) in [5.41, 5.74) is 0.373. The molecule has 8 nitrogen and oxygen atoms in total. The van der Waals surface area contributed by atoms with Crippen LogP contribution in [-0.2, 0) is 23.7 Å². The summed E-state index contributed by atoms with van der Waals surface area (Å²) in [5, 5.41) is 10.5. The zero-order valence-corrected chi connectivity index (χ0v) is 16.3. The van der Waals surface area contributed by atoms with Gasteiger partial charge < -0.3 is 33.5 Å². The molecule has 4 aliphatic rings. The average Bonchev–Trinajstić information content (AvgIpc) is 2.76. The number of esters is 1. The second kappa shape index (κ2) is 7.93. The Morgan fingerprint density at radius 2 is 1.40 bits per heavy atom. The van der Waals surface area contributed by atoms with Crippen molar-refractivity contribution in [1.82, 2.24) is 0 Å². The number of benzene rings is 2. The highest BCUT2D eigenvalue weighted by atomic mass is 32.1. The molecule has 1 saturated carbocycles. The van der Waals surface area contributed by atoms with Crippen LogP contribution in [-0.4, -0.2) is 59.4 Å². The lowest BCUT2D eigenvalue weighted by molar-refractivity contribution is -0.479. The number of rotatable bonds is 4. The SMILES string of the molecule is O=C(O[C@H]1[C@@H]2O[C@H]3O[C@H]([C@@H](O)[C@@H]1O3)[C@H]2OC(=S)Oc1ccccc1)c1ccccc1. The van der Waals surface area contributed by atoms with Crippen molar-refractivity contribution in [2.24, 2.45) is 0 Å². The molecule has 7 atom stereocenters. The molecule has 9 heteroatoms. The van der Waals surface area contributed by atoms with E-state index < -0.39 is 49.1 Å². The van der Waals surface area contributed by atoms with Gasteiger partial charge >= 0.3 is 11.2 Å². The zero-order chi connectivity index (χ0) is 20.7. The van der Waals surface area contributed by atoms with Crippen molar-refractivity contribution in [3.63, 3.8) is 0 Å². The van der Waals surface area contributed by atoms with Gasteiger partial charge in [0.05, 0.1) is 5.56 Å². The summed E-state index contributed by atoms with van der Waals surface area (Å²) in [6.45, 7) is -0.969. The molecular formula is C21H18O8S. The molecule has 0 amide bonds. The van der Waals surface area contributed by atoms with Crippen LogP contribution in [0.3, 0.4) is 0 Å². The molecule has 0 aromatic heterocycles. The summed E-state index contributed by atoms with van der Waals surface area (Å²) < 4.78 is 33.8. The zero-order valence-electron chi connectivity index (χ0n) is 15.5. The van der Waals surface area contributed by atoms with Crippen molar-refractivity contribution < 1.29 is 38.3 Å². The molecule has 6 rings (SSSR count). The maximum atomic E-state index is 12.6. The monoisotopic (exact) mass is 430 g/mol. The minimum absolute atomic E-state index is 0.160. The molecule has 4 bridgehead atoms. The van der Waals surface area contributed by atoms with Crippen LogP contribution >= 0.6 is 12.2 Å². The molecule has 0 radical (unpaired) electrons. The van der Waals surface area contributed by atoms with E-state index in [0.717, 1.165) is 0 Å². The van der Waals surface area contributed by atoms with Crippen LogP contribution in [0.2, 0.25) is 0 Å². The number of aliphatic hydroxyl groups is 1. The number of aliphatic hydroxyl groups excluding tert-OH is 1. The number of hydrogen-bond acceptors (Lipinski definition) is 9. The van der Waals surface area contributed by atoms with Gasteiger partial charge in [-0.25, -0.2) is 4.79 Å². The quantitative estimate of drug-likeness (QED) is 0.576. The summed E-state index contributed by atoms with van der Waals surface area (Å²) in [6, 6.07) is 17.4. The van der Waals surface area contributed by atoms with Gasteiger partial charge in [-0.3, -0.25) is 0 Å². The smallest absolute Gasteiger partial charge is 0.358 e. The van der Waals surface area contributed by atoms with Gasteiger partial charge in [0.2, 0.25) is 0 Å². The van der Waals surface area contributed by atoms with Crippen LogP contribution in [0.15, 0.2) is 60.7 Å². The van der Waals surface area contributed by atoms with Gasteiger partial charge in [0.15, 0.2) is 12.2 Å². The fourth-order valence-corrected chi connectivity index (χ4v) is 4.05. The van der Waals surface area contributed by atoms with E-state index in [-0.39, 0.29) is 5.24 Å². The Hall–Kier alpha value is -2.56. The predicted octanol–water partition coefficient (Wildman–Crippen LogP) is 1.80. The summed E-state index contributed by atoms with van der Waals surface area (Å²) in [4.78, 5) is 12.6. The molecule has 30 heavy (non-hydrogen) atoms. The minimum Gasteiger partial charge on any atom is -0.453 e. The van der Waals surface area contributed by atoms with Gasteiger partial charge in [-0.1, -0.05) is 36.4 Å². The molecule has 3 aliphatic heterocycles. The van der Waals surface area contributed by atoms with Crippen LogP contribution in [0, 0.1) is 0 Å². The number of para-hydroxylation sites is 1. The van der Waals surface area contributed by atoms with E-state index in [9.17, 15) is 9.90 Å². The first-order valence-electron chi connectivity index (χ1n) is 9.44. The minimum atomic E-state index is -1.10. The maximum absolute atomic E-state index is 12.6. The second-order valence-corrected chi connectivity index (χ2v) is 7.40. The third-order valence-corrected chi connectivity index (χ3v) is 5.38. The van der Waals surface area contributed by atoms with Gasteiger partial charge in [0.25, 0.3) is 6.48 Å². The standard InChI is InChI=1S/C21H18O8S/c22-13-14-16(25-19(23)11-7-3-1-4-8-11)18-17(15(13)27-20(26-14)28-18)29-21(30)24-12-9-5-2-6-10-12/h1-10,13-18,20,22H/t13-,14-,15+,16+,17+,18-,20+/m0/s1. The van der Waals surface area contributed by atoms with E-state index in [4.69, 9.17) is 40.6 Å². The third-order valence-electron chi connectivity index (χ3n) is 5.20. The molecule has 156 valence electrons. The van der Waals surface area contributed by atoms with E-state index in [1.807, 2.05) is 6.07 Å². The summed E-state index contributed by atoms with van der Waals surface area (Å²) in [6.07, 6.45) is -5.17. The topological polar surface area (TPSA) is 92.7 Å². The van der Waals surface area contributed by atoms with Crippen LogP contribution in [0.25, 0.3) is 0 Å². The molecule has 2 aromatic rings. The molecule has 0 unspecified atom stereocenters. The van der Waals surface area contributed by atoms with E-state index >= 15 is 0 Å². The lowest BCUT2D eigenvalue weighted by atomic mass is 9.82. The predicted molar refractivity (Wildman–Crippen MR) is 105 cm³/mol. The first-order valence-corrected chi connectivity index (χ1v) is 9.85. The number of thiocarbonyl (C=S) groups is 1. The highest BCUT2D eigenvalue weighted by Gasteiger charge is 2.64. The average molecular weight is 430 g/mol. The first kappa shape index (κ1) is 19.4. The van der Waals surface area contributed by atoms with Crippen LogP contribution in [0.1, 0.15) is 10.4 Å². The fraction of sp³-hybridized carbons (Fsp3) is 0.333. The first-order chi connectivity index (χ1) is 14.6. The molecule has 0 spiro atoms. The maximum Gasteiger partial charge on any atom is 0.358 e. The van der Waals surface area contributed by atoms with E-state index in [1.165, 1.54) is 0 Å². The highest BCUT2D eigenvalue weighted by molar-refractivity contribution is 7.79.